The largest absolute Gasteiger partial charge is 0.508 e. The standard InChI is InChI=1S/C8H6F3IO/c1-4-2-5(13)3-6(7(4)12)8(9,10)11/h2-3,13H,1H3. The molecule has 0 spiro atoms. The van der Waals surface area contributed by atoms with Crippen molar-refractivity contribution in [2.24, 2.45) is 0 Å². The molecule has 1 aromatic carbocycles. The SMILES string of the molecule is Cc1cc(O)cc(C(F)(F)F)c1I. The van der Waals surface area contributed by atoms with Crippen molar-refractivity contribution in [1.82, 2.24) is 0 Å². The molecule has 72 valence electrons. The number of rotatable bonds is 0. The van der Waals surface area contributed by atoms with Gasteiger partial charge in [0.1, 0.15) is 5.75 Å². The van der Waals surface area contributed by atoms with E-state index in [-0.39, 0.29) is 9.32 Å². The van der Waals surface area contributed by atoms with Crippen molar-refractivity contribution in [3.8, 4) is 5.75 Å². The minimum atomic E-state index is -4.40. The summed E-state index contributed by atoms with van der Waals surface area (Å²) in [5.74, 6) is -0.356. The second-order valence-corrected chi connectivity index (χ2v) is 3.70. The summed E-state index contributed by atoms with van der Waals surface area (Å²) < 4.78 is 37.0. The van der Waals surface area contributed by atoms with Gasteiger partial charge >= 0.3 is 6.18 Å². The number of aromatic hydroxyl groups is 1. The second kappa shape index (κ2) is 3.36. The van der Waals surface area contributed by atoms with Crippen LogP contribution >= 0.6 is 22.6 Å². The molecule has 0 aliphatic carbocycles. The molecule has 0 amide bonds. The zero-order chi connectivity index (χ0) is 10.2. The zero-order valence-corrected chi connectivity index (χ0v) is 8.77. The van der Waals surface area contributed by atoms with Crippen LogP contribution in [0, 0.1) is 10.5 Å². The number of phenolic OH excluding ortho intramolecular Hbond substituents is 1. The fraction of sp³-hybridized carbons (Fsp3) is 0.250. The van der Waals surface area contributed by atoms with Crippen LogP contribution in [0.15, 0.2) is 12.1 Å². The van der Waals surface area contributed by atoms with Crippen LogP contribution in [0.2, 0.25) is 0 Å². The maximum Gasteiger partial charge on any atom is 0.417 e. The predicted octanol–water partition coefficient (Wildman–Crippen LogP) is 3.32. The lowest BCUT2D eigenvalue weighted by Crippen LogP contribution is -2.08. The third kappa shape index (κ3) is 2.26. The molecule has 0 saturated carbocycles. The van der Waals surface area contributed by atoms with Crippen LogP contribution in [0.25, 0.3) is 0 Å². The summed E-state index contributed by atoms with van der Waals surface area (Å²) in [6.07, 6.45) is -4.40. The van der Waals surface area contributed by atoms with Gasteiger partial charge in [0.05, 0.1) is 5.56 Å². The second-order valence-electron chi connectivity index (χ2n) is 2.62. The van der Waals surface area contributed by atoms with E-state index in [0.29, 0.717) is 5.56 Å². The highest BCUT2D eigenvalue weighted by Gasteiger charge is 2.33. The normalized spacial score (nSPS) is 11.8. The molecule has 0 bridgehead atoms. The molecule has 0 atom stereocenters. The van der Waals surface area contributed by atoms with Crippen molar-refractivity contribution in [3.63, 3.8) is 0 Å². The van der Waals surface area contributed by atoms with E-state index < -0.39 is 11.7 Å². The summed E-state index contributed by atoms with van der Waals surface area (Å²) in [6.45, 7) is 1.52. The van der Waals surface area contributed by atoms with E-state index in [0.717, 1.165) is 6.07 Å². The first-order valence-corrected chi connectivity index (χ1v) is 4.46. The molecule has 0 radical (unpaired) electrons. The predicted molar refractivity (Wildman–Crippen MR) is 50.6 cm³/mol. The minimum Gasteiger partial charge on any atom is -0.508 e. The molecule has 0 aromatic heterocycles. The molecule has 5 heteroatoms. The Hall–Kier alpha value is -0.460. The van der Waals surface area contributed by atoms with Crippen molar-refractivity contribution in [3.05, 3.63) is 26.8 Å². The average molecular weight is 302 g/mol. The third-order valence-corrected chi connectivity index (χ3v) is 2.98. The highest BCUT2D eigenvalue weighted by Crippen LogP contribution is 2.36. The van der Waals surface area contributed by atoms with E-state index in [1.54, 1.807) is 22.6 Å². The molecule has 1 aromatic rings. The monoisotopic (exact) mass is 302 g/mol. The Morgan fingerprint density at radius 3 is 2.31 bits per heavy atom. The lowest BCUT2D eigenvalue weighted by molar-refractivity contribution is -0.138. The van der Waals surface area contributed by atoms with E-state index in [1.807, 2.05) is 0 Å². The Labute approximate surface area is 86.7 Å². The van der Waals surface area contributed by atoms with Crippen LogP contribution in [0.5, 0.6) is 5.75 Å². The first-order valence-electron chi connectivity index (χ1n) is 3.38. The molecule has 0 aliphatic rings. The van der Waals surface area contributed by atoms with E-state index in [4.69, 9.17) is 5.11 Å². The van der Waals surface area contributed by atoms with Crippen LogP contribution < -0.4 is 0 Å². The Balaban J connectivity index is 3.37. The van der Waals surface area contributed by atoms with Crippen LogP contribution in [0.4, 0.5) is 13.2 Å². The highest BCUT2D eigenvalue weighted by molar-refractivity contribution is 14.1. The first-order chi connectivity index (χ1) is 5.82. The number of hydrogen-bond acceptors (Lipinski definition) is 1. The van der Waals surface area contributed by atoms with Gasteiger partial charge in [-0.3, -0.25) is 0 Å². The molecule has 0 saturated heterocycles. The van der Waals surface area contributed by atoms with E-state index >= 15 is 0 Å². The molecule has 1 nitrogen and oxygen atoms in total. The van der Waals surface area contributed by atoms with E-state index in [1.165, 1.54) is 13.0 Å². The van der Waals surface area contributed by atoms with Gasteiger partial charge in [-0.25, -0.2) is 0 Å². The van der Waals surface area contributed by atoms with Crippen molar-refractivity contribution in [1.29, 1.82) is 0 Å². The van der Waals surface area contributed by atoms with Gasteiger partial charge in [-0.15, -0.1) is 0 Å². The lowest BCUT2D eigenvalue weighted by Gasteiger charge is -2.11. The van der Waals surface area contributed by atoms with Gasteiger partial charge in [0.2, 0.25) is 0 Å². The zero-order valence-electron chi connectivity index (χ0n) is 6.61. The van der Waals surface area contributed by atoms with E-state index in [9.17, 15) is 13.2 Å². The van der Waals surface area contributed by atoms with Gasteiger partial charge in [-0.2, -0.15) is 13.2 Å². The Bertz CT molecular complexity index is 333. The number of hydrogen-bond donors (Lipinski definition) is 1. The molecule has 13 heavy (non-hydrogen) atoms. The van der Waals surface area contributed by atoms with Gasteiger partial charge in [0.15, 0.2) is 0 Å². The first kappa shape index (κ1) is 10.6. The topological polar surface area (TPSA) is 20.2 Å². The van der Waals surface area contributed by atoms with Crippen molar-refractivity contribution >= 4 is 22.6 Å². The van der Waals surface area contributed by atoms with Gasteiger partial charge < -0.3 is 5.11 Å². The summed E-state index contributed by atoms with van der Waals surface area (Å²) in [4.78, 5) is 0. The fourth-order valence-corrected chi connectivity index (χ4v) is 1.57. The lowest BCUT2D eigenvalue weighted by atomic mass is 10.1. The molecule has 0 fully saturated rings. The number of benzene rings is 1. The van der Waals surface area contributed by atoms with Crippen LogP contribution in [-0.2, 0) is 6.18 Å². The Morgan fingerprint density at radius 2 is 1.85 bits per heavy atom. The number of halogens is 4. The number of alkyl halides is 3. The van der Waals surface area contributed by atoms with Crippen molar-refractivity contribution in [2.45, 2.75) is 13.1 Å². The van der Waals surface area contributed by atoms with Crippen molar-refractivity contribution in [2.75, 3.05) is 0 Å². The van der Waals surface area contributed by atoms with Crippen LogP contribution in [0.1, 0.15) is 11.1 Å². The molecular weight excluding hydrogens is 296 g/mol. The quantitative estimate of drug-likeness (QED) is 0.729. The molecule has 1 N–H and O–H groups in total. The number of phenols is 1. The summed E-state index contributed by atoms with van der Waals surface area (Å²) >= 11 is 1.62. The van der Waals surface area contributed by atoms with Crippen LogP contribution in [-0.4, -0.2) is 5.11 Å². The fourth-order valence-electron chi connectivity index (χ4n) is 0.957. The molecule has 0 heterocycles. The maximum atomic E-state index is 12.3. The van der Waals surface area contributed by atoms with Gasteiger partial charge in [-0.05, 0) is 47.2 Å². The summed E-state index contributed by atoms with van der Waals surface area (Å²) in [5, 5.41) is 8.98. The smallest absolute Gasteiger partial charge is 0.417 e. The summed E-state index contributed by atoms with van der Waals surface area (Å²) in [5.41, 5.74) is -0.362. The summed E-state index contributed by atoms with van der Waals surface area (Å²) in [6, 6.07) is 2.03. The molecule has 0 unspecified atom stereocenters. The van der Waals surface area contributed by atoms with Gasteiger partial charge in [0, 0.05) is 3.57 Å². The van der Waals surface area contributed by atoms with Crippen LogP contribution in [0.3, 0.4) is 0 Å². The molecule has 1 rings (SSSR count). The van der Waals surface area contributed by atoms with Crippen molar-refractivity contribution < 1.29 is 18.3 Å². The van der Waals surface area contributed by atoms with Gasteiger partial charge in [0.25, 0.3) is 0 Å². The summed E-state index contributed by atoms with van der Waals surface area (Å²) in [7, 11) is 0. The average Bonchev–Trinajstić information content (AvgIpc) is 1.94. The Morgan fingerprint density at radius 1 is 1.31 bits per heavy atom. The molecular formula is C8H6F3IO. The Kier molecular flexibility index (Phi) is 2.74. The highest BCUT2D eigenvalue weighted by atomic mass is 127. The number of aryl methyl sites for hydroxylation is 1. The molecule has 0 aliphatic heterocycles. The third-order valence-electron chi connectivity index (χ3n) is 1.54. The maximum absolute atomic E-state index is 12.3. The van der Waals surface area contributed by atoms with E-state index in [2.05, 4.69) is 0 Å². The van der Waals surface area contributed by atoms with Gasteiger partial charge in [-0.1, -0.05) is 0 Å². The minimum absolute atomic E-state index is 0.128.